The number of ether oxygens (including phenoxy) is 1. The van der Waals surface area contributed by atoms with E-state index in [4.69, 9.17) is 10.5 Å². The van der Waals surface area contributed by atoms with E-state index in [0.717, 1.165) is 18.6 Å². The molecule has 6 heteroatoms. The number of nitrogens with two attached hydrogens (primary N) is 1. The monoisotopic (exact) mass is 318 g/mol. The molecule has 120 valence electrons. The molecule has 2 aromatic carbocycles. The highest BCUT2D eigenvalue weighted by Gasteiger charge is 2.24. The Hall–Kier alpha value is -2.47. The summed E-state index contributed by atoms with van der Waals surface area (Å²) in [5, 5.41) is 0. The summed E-state index contributed by atoms with van der Waals surface area (Å²) in [5.41, 5.74) is 6.34. The smallest absolute Gasteiger partial charge is 0.253 e. The van der Waals surface area contributed by atoms with Crippen molar-refractivity contribution in [1.29, 1.82) is 0 Å². The number of carbonyl (C=O) groups excluding carboxylic acids is 1. The summed E-state index contributed by atoms with van der Waals surface area (Å²) >= 11 is 0. The van der Waals surface area contributed by atoms with E-state index >= 15 is 0 Å². The zero-order valence-corrected chi connectivity index (χ0v) is 12.3. The second-order valence-electron chi connectivity index (χ2n) is 5.50. The number of rotatable bonds is 3. The number of halogens is 2. The summed E-state index contributed by atoms with van der Waals surface area (Å²) < 4.78 is 31.5. The largest absolute Gasteiger partial charge is 0.457 e. The molecule has 2 aromatic rings. The lowest BCUT2D eigenvalue weighted by atomic mass is 10.2. The Bertz CT molecular complexity index is 719. The maximum absolute atomic E-state index is 13.1. The summed E-state index contributed by atoms with van der Waals surface area (Å²) in [5.74, 6) is -1.35. The standard InChI is InChI=1S/C17H16F2N2O2/c18-15-6-5-14(9-16(15)19)23-13-3-1-11(2-4-13)17(22)21-8-7-12(20)10-21/h1-6,9,12H,7-8,10,20H2. The molecule has 0 radical (unpaired) electrons. The van der Waals surface area contributed by atoms with Gasteiger partial charge >= 0.3 is 0 Å². The maximum atomic E-state index is 13.1. The Labute approximate surface area is 132 Å². The summed E-state index contributed by atoms with van der Waals surface area (Å²) in [6.07, 6.45) is 0.809. The number of carbonyl (C=O) groups is 1. The summed E-state index contributed by atoms with van der Waals surface area (Å²) in [6.45, 7) is 1.22. The quantitative estimate of drug-likeness (QED) is 0.946. The molecule has 3 rings (SSSR count). The molecule has 2 N–H and O–H groups in total. The Morgan fingerprint density at radius 1 is 1.09 bits per heavy atom. The lowest BCUT2D eigenvalue weighted by molar-refractivity contribution is 0.0791. The minimum Gasteiger partial charge on any atom is -0.457 e. The molecule has 0 bridgehead atoms. The Morgan fingerprint density at radius 3 is 2.39 bits per heavy atom. The molecule has 1 unspecified atom stereocenters. The fraction of sp³-hybridized carbons (Fsp3) is 0.235. The van der Waals surface area contributed by atoms with Crippen molar-refractivity contribution >= 4 is 5.91 Å². The van der Waals surface area contributed by atoms with Crippen molar-refractivity contribution in [2.45, 2.75) is 12.5 Å². The average molecular weight is 318 g/mol. The van der Waals surface area contributed by atoms with Crippen LogP contribution in [-0.2, 0) is 0 Å². The fourth-order valence-corrected chi connectivity index (χ4v) is 2.50. The van der Waals surface area contributed by atoms with Crippen LogP contribution in [0, 0.1) is 11.6 Å². The molecule has 0 aliphatic carbocycles. The van der Waals surface area contributed by atoms with E-state index in [-0.39, 0.29) is 17.7 Å². The van der Waals surface area contributed by atoms with Gasteiger partial charge in [0.1, 0.15) is 11.5 Å². The number of hydrogen-bond donors (Lipinski definition) is 1. The number of amides is 1. The molecule has 23 heavy (non-hydrogen) atoms. The molecule has 1 amide bonds. The molecule has 0 saturated carbocycles. The van der Waals surface area contributed by atoms with Gasteiger partial charge in [0.2, 0.25) is 0 Å². The van der Waals surface area contributed by atoms with Crippen molar-refractivity contribution in [3.05, 3.63) is 59.7 Å². The molecule has 1 saturated heterocycles. The van der Waals surface area contributed by atoms with Crippen LogP contribution in [-0.4, -0.2) is 29.9 Å². The third-order valence-electron chi connectivity index (χ3n) is 3.74. The van der Waals surface area contributed by atoms with Crippen molar-refractivity contribution < 1.29 is 18.3 Å². The average Bonchev–Trinajstić information content (AvgIpc) is 2.97. The molecule has 1 fully saturated rings. The first kappa shape index (κ1) is 15.4. The van der Waals surface area contributed by atoms with Crippen LogP contribution in [0.4, 0.5) is 8.78 Å². The van der Waals surface area contributed by atoms with E-state index in [1.54, 1.807) is 29.2 Å². The van der Waals surface area contributed by atoms with Gasteiger partial charge in [-0.15, -0.1) is 0 Å². The van der Waals surface area contributed by atoms with Crippen LogP contribution < -0.4 is 10.5 Å². The molecule has 0 spiro atoms. The van der Waals surface area contributed by atoms with E-state index < -0.39 is 11.6 Å². The van der Waals surface area contributed by atoms with Gasteiger partial charge in [-0.25, -0.2) is 8.78 Å². The van der Waals surface area contributed by atoms with Gasteiger partial charge in [-0.3, -0.25) is 4.79 Å². The minimum atomic E-state index is -0.973. The van der Waals surface area contributed by atoms with Crippen molar-refractivity contribution in [3.8, 4) is 11.5 Å². The second-order valence-corrected chi connectivity index (χ2v) is 5.50. The first-order valence-corrected chi connectivity index (χ1v) is 7.31. The Kier molecular flexibility index (Phi) is 4.25. The van der Waals surface area contributed by atoms with Crippen LogP contribution in [0.5, 0.6) is 11.5 Å². The molecule has 1 aliphatic rings. The van der Waals surface area contributed by atoms with E-state index in [1.807, 2.05) is 0 Å². The van der Waals surface area contributed by atoms with Crippen LogP contribution in [0.1, 0.15) is 16.8 Å². The van der Waals surface area contributed by atoms with Gasteiger partial charge in [0.15, 0.2) is 11.6 Å². The number of likely N-dealkylation sites (tertiary alicyclic amines) is 1. The van der Waals surface area contributed by atoms with Crippen molar-refractivity contribution in [2.75, 3.05) is 13.1 Å². The van der Waals surface area contributed by atoms with Gasteiger partial charge in [-0.2, -0.15) is 0 Å². The second kappa shape index (κ2) is 6.34. The Morgan fingerprint density at radius 2 is 1.78 bits per heavy atom. The van der Waals surface area contributed by atoms with E-state index in [0.29, 0.717) is 24.4 Å². The summed E-state index contributed by atoms with van der Waals surface area (Å²) in [4.78, 5) is 14.0. The van der Waals surface area contributed by atoms with E-state index in [9.17, 15) is 13.6 Å². The van der Waals surface area contributed by atoms with E-state index in [2.05, 4.69) is 0 Å². The van der Waals surface area contributed by atoms with Crippen LogP contribution >= 0.6 is 0 Å². The van der Waals surface area contributed by atoms with Gasteiger partial charge in [-0.05, 0) is 42.8 Å². The molecule has 1 heterocycles. The lowest BCUT2D eigenvalue weighted by Gasteiger charge is -2.16. The van der Waals surface area contributed by atoms with Gasteiger partial charge in [0, 0.05) is 30.8 Å². The molecular weight excluding hydrogens is 302 g/mol. The lowest BCUT2D eigenvalue weighted by Crippen LogP contribution is -2.31. The minimum absolute atomic E-state index is 0.0370. The summed E-state index contributed by atoms with van der Waals surface area (Å²) in [6, 6.07) is 9.86. The molecule has 1 aliphatic heterocycles. The van der Waals surface area contributed by atoms with Gasteiger partial charge in [0.25, 0.3) is 5.91 Å². The van der Waals surface area contributed by atoms with Crippen LogP contribution in [0.15, 0.2) is 42.5 Å². The maximum Gasteiger partial charge on any atom is 0.253 e. The highest BCUT2D eigenvalue weighted by molar-refractivity contribution is 5.94. The SMILES string of the molecule is NC1CCN(C(=O)c2ccc(Oc3ccc(F)c(F)c3)cc2)C1. The Balaban J connectivity index is 1.69. The van der Waals surface area contributed by atoms with Crippen LogP contribution in [0.2, 0.25) is 0 Å². The molecule has 4 nitrogen and oxygen atoms in total. The number of hydrogen-bond acceptors (Lipinski definition) is 3. The van der Waals surface area contributed by atoms with Gasteiger partial charge in [0.05, 0.1) is 0 Å². The summed E-state index contributed by atoms with van der Waals surface area (Å²) in [7, 11) is 0. The highest BCUT2D eigenvalue weighted by Crippen LogP contribution is 2.24. The van der Waals surface area contributed by atoms with E-state index in [1.165, 1.54) is 6.07 Å². The fourth-order valence-electron chi connectivity index (χ4n) is 2.50. The third kappa shape index (κ3) is 3.48. The van der Waals surface area contributed by atoms with Gasteiger partial charge in [-0.1, -0.05) is 0 Å². The van der Waals surface area contributed by atoms with Crippen LogP contribution in [0.25, 0.3) is 0 Å². The molecule has 0 aromatic heterocycles. The van der Waals surface area contributed by atoms with Crippen molar-refractivity contribution in [2.24, 2.45) is 5.73 Å². The predicted molar refractivity (Wildman–Crippen MR) is 81.4 cm³/mol. The van der Waals surface area contributed by atoms with Gasteiger partial charge < -0.3 is 15.4 Å². The first-order valence-electron chi connectivity index (χ1n) is 7.31. The molecular formula is C17H16F2N2O2. The highest BCUT2D eigenvalue weighted by atomic mass is 19.2. The van der Waals surface area contributed by atoms with Crippen molar-refractivity contribution in [3.63, 3.8) is 0 Å². The first-order chi connectivity index (χ1) is 11.0. The predicted octanol–water partition coefficient (Wildman–Crippen LogP) is 2.93. The zero-order chi connectivity index (χ0) is 16.4. The topological polar surface area (TPSA) is 55.6 Å². The van der Waals surface area contributed by atoms with Crippen LogP contribution in [0.3, 0.4) is 0 Å². The number of benzene rings is 2. The molecule has 1 atom stereocenters. The van der Waals surface area contributed by atoms with Crippen molar-refractivity contribution in [1.82, 2.24) is 4.90 Å². The normalized spacial score (nSPS) is 17.3. The zero-order valence-electron chi connectivity index (χ0n) is 12.3. The number of nitrogens with zero attached hydrogens (tertiary/aromatic N) is 1. The third-order valence-corrected chi connectivity index (χ3v) is 3.74.